The van der Waals surface area contributed by atoms with Crippen LogP contribution in [0.25, 0.3) is 11.0 Å². The first kappa shape index (κ1) is 31.9. The summed E-state index contributed by atoms with van der Waals surface area (Å²) in [6.07, 6.45) is 3.66. The van der Waals surface area contributed by atoms with Gasteiger partial charge in [0.05, 0.1) is 30.1 Å². The molecule has 2 fully saturated rings. The summed E-state index contributed by atoms with van der Waals surface area (Å²) >= 11 is 0. The first-order chi connectivity index (χ1) is 21.0. The predicted octanol–water partition coefficient (Wildman–Crippen LogP) is 5.54. The molecule has 2 aromatic heterocycles. The van der Waals surface area contributed by atoms with E-state index in [-0.39, 0.29) is 30.3 Å². The van der Waals surface area contributed by atoms with Gasteiger partial charge in [-0.3, -0.25) is 4.79 Å². The number of fused-ring (bicyclic) bond motifs is 1. The summed E-state index contributed by atoms with van der Waals surface area (Å²) < 4.78 is 33.3. The standard InChI is InChI=1S/C33H44FN5O4Si/c1-37(30-17-32(40)38(2)29-13-7-25(18-35)36-33(29)30)26-8-10-27(11-9-26)39(19-23-20-42-21-23)28-12-6-24(34)16-31(28)43-22-41-14-15-44(3,4)5/h6-7,12-13,16-17,23,26-27H,8-11,14-15,19-22H2,1-5H3. The van der Waals surface area contributed by atoms with Crippen LogP contribution in [0.15, 0.2) is 41.2 Å². The number of hydrogen-bond donors (Lipinski definition) is 0. The summed E-state index contributed by atoms with van der Waals surface area (Å²) in [6.45, 7) is 9.90. The molecule has 1 saturated heterocycles. The van der Waals surface area contributed by atoms with Crippen molar-refractivity contribution < 1.29 is 18.6 Å². The van der Waals surface area contributed by atoms with Crippen LogP contribution in [-0.2, 0) is 16.5 Å². The van der Waals surface area contributed by atoms with Gasteiger partial charge < -0.3 is 28.6 Å². The molecular weight excluding hydrogens is 577 g/mol. The topological polar surface area (TPSA) is 92.9 Å². The molecule has 9 nitrogen and oxygen atoms in total. The highest BCUT2D eigenvalue weighted by molar-refractivity contribution is 6.76. The lowest BCUT2D eigenvalue weighted by molar-refractivity contribution is -0.0287. The number of pyridine rings is 2. The molecule has 236 valence electrons. The lowest BCUT2D eigenvalue weighted by Gasteiger charge is -2.44. The Hall–Kier alpha value is -3.46. The molecule has 44 heavy (non-hydrogen) atoms. The Morgan fingerprint density at radius 3 is 2.48 bits per heavy atom. The molecule has 0 amide bonds. The maximum absolute atomic E-state index is 14.4. The highest BCUT2D eigenvalue weighted by Crippen LogP contribution is 2.38. The molecule has 0 bridgehead atoms. The van der Waals surface area contributed by atoms with Crippen LogP contribution in [-0.4, -0.2) is 69.9 Å². The molecule has 5 rings (SSSR count). The van der Waals surface area contributed by atoms with Gasteiger partial charge in [-0.2, -0.15) is 5.26 Å². The summed E-state index contributed by atoms with van der Waals surface area (Å²) in [6, 6.07) is 13.5. The van der Waals surface area contributed by atoms with Gasteiger partial charge in [-0.05, 0) is 56.0 Å². The van der Waals surface area contributed by atoms with Crippen LogP contribution in [0.3, 0.4) is 0 Å². The highest BCUT2D eigenvalue weighted by Gasteiger charge is 2.33. The largest absolute Gasteiger partial charge is 0.465 e. The fraction of sp³-hybridized carbons (Fsp3) is 0.545. The summed E-state index contributed by atoms with van der Waals surface area (Å²) in [5.74, 6) is 0.578. The monoisotopic (exact) mass is 621 g/mol. The number of aryl methyl sites for hydroxylation is 1. The fourth-order valence-corrected chi connectivity index (χ4v) is 6.85. The summed E-state index contributed by atoms with van der Waals surface area (Å²) in [4.78, 5) is 21.9. The first-order valence-electron chi connectivity index (χ1n) is 15.5. The van der Waals surface area contributed by atoms with Gasteiger partial charge in [0, 0.05) is 65.5 Å². The van der Waals surface area contributed by atoms with Crippen LogP contribution in [0, 0.1) is 23.1 Å². The second-order valence-electron chi connectivity index (χ2n) is 13.3. The van der Waals surface area contributed by atoms with Crippen molar-refractivity contribution in [3.05, 3.63) is 58.3 Å². The van der Waals surface area contributed by atoms with Crippen molar-refractivity contribution in [2.24, 2.45) is 13.0 Å². The Balaban J connectivity index is 1.32. The molecule has 1 saturated carbocycles. The zero-order chi connectivity index (χ0) is 31.4. The van der Waals surface area contributed by atoms with Crippen LogP contribution in [0.4, 0.5) is 15.8 Å². The van der Waals surface area contributed by atoms with Crippen molar-refractivity contribution >= 4 is 30.5 Å². The number of nitriles is 1. The molecule has 2 aliphatic rings. The molecule has 0 atom stereocenters. The number of hydrogen-bond acceptors (Lipinski definition) is 8. The molecule has 0 unspecified atom stereocenters. The maximum Gasteiger partial charge on any atom is 0.252 e. The van der Waals surface area contributed by atoms with Crippen LogP contribution in [0.5, 0.6) is 5.75 Å². The summed E-state index contributed by atoms with van der Waals surface area (Å²) in [5.41, 5.74) is 3.20. The van der Waals surface area contributed by atoms with Crippen LogP contribution in [0.2, 0.25) is 25.7 Å². The van der Waals surface area contributed by atoms with Gasteiger partial charge in [-0.25, -0.2) is 9.37 Å². The van der Waals surface area contributed by atoms with E-state index < -0.39 is 8.07 Å². The van der Waals surface area contributed by atoms with E-state index in [0.29, 0.717) is 35.0 Å². The zero-order valence-corrected chi connectivity index (χ0v) is 27.5. The molecule has 0 N–H and O–H groups in total. The van der Waals surface area contributed by atoms with Crippen molar-refractivity contribution in [3.63, 3.8) is 0 Å². The summed E-state index contributed by atoms with van der Waals surface area (Å²) in [5, 5.41) is 9.45. The van der Waals surface area contributed by atoms with E-state index in [1.54, 1.807) is 29.8 Å². The lowest BCUT2D eigenvalue weighted by atomic mass is 9.88. The first-order valence-corrected chi connectivity index (χ1v) is 19.2. The van der Waals surface area contributed by atoms with Gasteiger partial charge in [0.2, 0.25) is 0 Å². The Kier molecular flexibility index (Phi) is 9.93. The zero-order valence-electron chi connectivity index (χ0n) is 26.5. The van der Waals surface area contributed by atoms with E-state index in [2.05, 4.69) is 40.5 Å². The van der Waals surface area contributed by atoms with E-state index >= 15 is 0 Å². The third-order valence-corrected chi connectivity index (χ3v) is 10.6. The van der Waals surface area contributed by atoms with Crippen molar-refractivity contribution in [2.45, 2.75) is 63.5 Å². The molecule has 0 spiro atoms. The lowest BCUT2D eigenvalue weighted by Crippen LogP contribution is -2.48. The fourth-order valence-electron chi connectivity index (χ4n) is 6.09. The molecule has 1 aliphatic carbocycles. The number of nitrogens with zero attached hydrogens (tertiary/aromatic N) is 5. The second-order valence-corrected chi connectivity index (χ2v) is 18.9. The third-order valence-electron chi connectivity index (χ3n) is 8.91. The predicted molar refractivity (Wildman–Crippen MR) is 174 cm³/mol. The number of anilines is 2. The van der Waals surface area contributed by atoms with Crippen molar-refractivity contribution in [3.8, 4) is 11.8 Å². The molecule has 3 heterocycles. The number of ether oxygens (including phenoxy) is 3. The Morgan fingerprint density at radius 1 is 1.09 bits per heavy atom. The van der Waals surface area contributed by atoms with Gasteiger partial charge in [0.15, 0.2) is 6.79 Å². The highest BCUT2D eigenvalue weighted by atomic mass is 28.3. The smallest absolute Gasteiger partial charge is 0.252 e. The number of rotatable bonds is 12. The quantitative estimate of drug-likeness (QED) is 0.148. The number of benzene rings is 1. The van der Waals surface area contributed by atoms with Crippen LogP contribution >= 0.6 is 0 Å². The van der Waals surface area contributed by atoms with E-state index in [4.69, 9.17) is 14.2 Å². The van der Waals surface area contributed by atoms with E-state index in [0.717, 1.165) is 62.9 Å². The summed E-state index contributed by atoms with van der Waals surface area (Å²) in [7, 11) is 2.52. The average Bonchev–Trinajstić information content (AvgIpc) is 2.98. The number of halogens is 1. The Morgan fingerprint density at radius 2 is 1.82 bits per heavy atom. The molecule has 1 aromatic carbocycles. The van der Waals surface area contributed by atoms with E-state index in [9.17, 15) is 14.4 Å². The molecular formula is C33H44FN5O4Si. The van der Waals surface area contributed by atoms with Crippen LogP contribution in [0.1, 0.15) is 31.4 Å². The Labute approximate surface area is 260 Å². The second kappa shape index (κ2) is 13.7. The normalized spacial score (nSPS) is 18.9. The molecule has 0 radical (unpaired) electrons. The third kappa shape index (κ3) is 7.42. The SMILES string of the molecule is CN(c1cc(=O)n(C)c2ccc(C#N)nc12)C1CCC(N(CC2COC2)c2ccc(F)cc2OCOCC[Si](C)(C)C)CC1. The van der Waals surface area contributed by atoms with Gasteiger partial charge >= 0.3 is 0 Å². The van der Waals surface area contributed by atoms with Crippen molar-refractivity contribution in [1.29, 1.82) is 5.26 Å². The van der Waals surface area contributed by atoms with Gasteiger partial charge in [-0.1, -0.05) is 19.6 Å². The minimum atomic E-state index is -1.22. The molecule has 1 aliphatic heterocycles. The maximum atomic E-state index is 14.4. The van der Waals surface area contributed by atoms with Gasteiger partial charge in [0.25, 0.3) is 5.56 Å². The minimum absolute atomic E-state index is 0.0882. The number of aromatic nitrogens is 2. The van der Waals surface area contributed by atoms with E-state index in [1.807, 2.05) is 13.1 Å². The Bertz CT molecular complexity index is 1560. The van der Waals surface area contributed by atoms with Crippen molar-refractivity contribution in [2.75, 3.05) is 50.0 Å². The molecule has 11 heteroatoms. The van der Waals surface area contributed by atoms with E-state index in [1.165, 1.54) is 12.1 Å². The van der Waals surface area contributed by atoms with Crippen molar-refractivity contribution in [1.82, 2.24) is 9.55 Å². The minimum Gasteiger partial charge on any atom is -0.465 e. The van der Waals surface area contributed by atoms with Gasteiger partial charge in [-0.15, -0.1) is 0 Å². The van der Waals surface area contributed by atoms with Crippen LogP contribution < -0.4 is 20.1 Å². The van der Waals surface area contributed by atoms with Gasteiger partial charge in [0.1, 0.15) is 28.8 Å². The molecule has 3 aromatic rings. The average molecular weight is 622 g/mol.